The van der Waals surface area contributed by atoms with Crippen molar-refractivity contribution in [3.8, 4) is 5.75 Å². The van der Waals surface area contributed by atoms with Gasteiger partial charge in [0, 0.05) is 5.69 Å². The van der Waals surface area contributed by atoms with Gasteiger partial charge in [-0.1, -0.05) is 12.1 Å². The Hall–Kier alpha value is -3.68. The lowest BCUT2D eigenvalue weighted by Crippen LogP contribution is -2.39. The van der Waals surface area contributed by atoms with Gasteiger partial charge in [0.1, 0.15) is 12.3 Å². The summed E-state index contributed by atoms with van der Waals surface area (Å²) in [4.78, 5) is 50.5. The summed E-state index contributed by atoms with van der Waals surface area (Å²) in [6, 6.07) is 12.3. The molecular weight excluding hydrogens is 350 g/mol. The molecule has 0 aliphatic carbocycles. The molecule has 0 saturated carbocycles. The standard InChI is InChI=1S/C19H17N3O5/c1-12-4-3-5-13(10-12)20-16(23)11-21-17(24)18(25)22(19(21)26)14-6-8-15(27-2)9-7-14/h3-10H,11H2,1-2H3,(H,20,23). The number of hydrogen-bond acceptors (Lipinski definition) is 5. The maximum atomic E-state index is 12.5. The van der Waals surface area contributed by atoms with Crippen LogP contribution in [0.4, 0.5) is 16.2 Å². The van der Waals surface area contributed by atoms with Crippen LogP contribution in [0.3, 0.4) is 0 Å². The average molecular weight is 367 g/mol. The van der Waals surface area contributed by atoms with Gasteiger partial charge in [0.25, 0.3) is 0 Å². The number of ether oxygens (including phenoxy) is 1. The number of carbonyl (C=O) groups is 4. The van der Waals surface area contributed by atoms with Crippen molar-refractivity contribution in [1.29, 1.82) is 0 Å². The summed E-state index contributed by atoms with van der Waals surface area (Å²) < 4.78 is 5.03. The van der Waals surface area contributed by atoms with Gasteiger partial charge in [0.2, 0.25) is 5.91 Å². The Morgan fingerprint density at radius 1 is 1.04 bits per heavy atom. The monoisotopic (exact) mass is 367 g/mol. The Labute approximate surface area is 155 Å². The molecule has 3 rings (SSSR count). The van der Waals surface area contributed by atoms with Crippen LogP contribution in [0.5, 0.6) is 5.75 Å². The highest BCUT2D eigenvalue weighted by atomic mass is 16.5. The molecule has 0 bridgehead atoms. The third kappa shape index (κ3) is 3.64. The van der Waals surface area contributed by atoms with Gasteiger partial charge in [-0.15, -0.1) is 0 Å². The SMILES string of the molecule is COc1ccc(N2C(=O)C(=O)N(CC(=O)Nc3cccc(C)c3)C2=O)cc1. The number of hydrogen-bond donors (Lipinski definition) is 1. The van der Waals surface area contributed by atoms with E-state index in [-0.39, 0.29) is 5.69 Å². The fourth-order valence-electron chi connectivity index (χ4n) is 2.67. The lowest BCUT2D eigenvalue weighted by Gasteiger charge is -2.15. The van der Waals surface area contributed by atoms with Crippen LogP contribution in [0, 0.1) is 6.92 Å². The Bertz CT molecular complexity index is 923. The minimum absolute atomic E-state index is 0.223. The van der Waals surface area contributed by atoms with E-state index in [0.717, 1.165) is 10.5 Å². The third-order valence-electron chi connectivity index (χ3n) is 3.99. The molecular formula is C19H17N3O5. The number of methoxy groups -OCH3 is 1. The predicted octanol–water partition coefficient (Wildman–Crippen LogP) is 1.94. The van der Waals surface area contributed by atoms with Gasteiger partial charge < -0.3 is 10.1 Å². The van der Waals surface area contributed by atoms with Crippen molar-refractivity contribution in [2.75, 3.05) is 23.9 Å². The second kappa shape index (κ2) is 7.28. The molecule has 1 saturated heterocycles. The summed E-state index contributed by atoms with van der Waals surface area (Å²) >= 11 is 0. The minimum atomic E-state index is -1.05. The molecule has 0 aromatic heterocycles. The predicted molar refractivity (Wildman–Crippen MR) is 97.4 cm³/mol. The molecule has 1 N–H and O–H groups in total. The van der Waals surface area contributed by atoms with Crippen LogP contribution < -0.4 is 15.0 Å². The number of urea groups is 1. The van der Waals surface area contributed by atoms with Crippen molar-refractivity contribution in [3.63, 3.8) is 0 Å². The first-order valence-electron chi connectivity index (χ1n) is 8.11. The van der Waals surface area contributed by atoms with Gasteiger partial charge in [0.05, 0.1) is 12.8 Å². The van der Waals surface area contributed by atoms with Gasteiger partial charge in [-0.3, -0.25) is 14.4 Å². The van der Waals surface area contributed by atoms with E-state index in [1.165, 1.54) is 19.2 Å². The smallest absolute Gasteiger partial charge is 0.339 e. The largest absolute Gasteiger partial charge is 0.497 e. The number of anilines is 2. The molecule has 27 heavy (non-hydrogen) atoms. The Morgan fingerprint density at radius 3 is 2.37 bits per heavy atom. The number of carbonyl (C=O) groups excluding carboxylic acids is 4. The van der Waals surface area contributed by atoms with Crippen molar-refractivity contribution in [3.05, 3.63) is 54.1 Å². The normalized spacial score (nSPS) is 13.9. The van der Waals surface area contributed by atoms with E-state index < -0.39 is 30.3 Å². The molecule has 1 aliphatic rings. The van der Waals surface area contributed by atoms with Crippen LogP contribution in [0.25, 0.3) is 0 Å². The number of amides is 5. The molecule has 0 spiro atoms. The first kappa shape index (κ1) is 18.1. The van der Waals surface area contributed by atoms with Gasteiger partial charge in [-0.2, -0.15) is 0 Å². The summed E-state index contributed by atoms with van der Waals surface area (Å²) in [6.45, 7) is 1.32. The second-order valence-corrected chi connectivity index (χ2v) is 5.93. The summed E-state index contributed by atoms with van der Waals surface area (Å²) in [5.41, 5.74) is 1.71. The summed E-state index contributed by atoms with van der Waals surface area (Å²) in [5, 5.41) is 2.60. The topological polar surface area (TPSA) is 96.0 Å². The number of benzene rings is 2. The zero-order valence-electron chi connectivity index (χ0n) is 14.8. The van der Waals surface area contributed by atoms with E-state index >= 15 is 0 Å². The van der Waals surface area contributed by atoms with Gasteiger partial charge in [0.15, 0.2) is 0 Å². The summed E-state index contributed by atoms with van der Waals surface area (Å²) in [6.07, 6.45) is 0. The Kier molecular flexibility index (Phi) is 4.89. The van der Waals surface area contributed by atoms with Gasteiger partial charge >= 0.3 is 17.8 Å². The van der Waals surface area contributed by atoms with Crippen molar-refractivity contribution >= 4 is 35.1 Å². The number of nitrogens with zero attached hydrogens (tertiary/aromatic N) is 2. The van der Waals surface area contributed by atoms with E-state index in [2.05, 4.69) is 5.32 Å². The van der Waals surface area contributed by atoms with E-state index in [4.69, 9.17) is 4.74 Å². The fraction of sp³-hybridized carbons (Fsp3) is 0.158. The van der Waals surface area contributed by atoms with E-state index in [1.54, 1.807) is 30.3 Å². The number of rotatable bonds is 5. The van der Waals surface area contributed by atoms with Gasteiger partial charge in [-0.05, 0) is 48.9 Å². The number of imide groups is 2. The van der Waals surface area contributed by atoms with Crippen LogP contribution in [0.1, 0.15) is 5.56 Å². The van der Waals surface area contributed by atoms with Crippen LogP contribution >= 0.6 is 0 Å². The van der Waals surface area contributed by atoms with E-state index in [1.807, 2.05) is 13.0 Å². The maximum Gasteiger partial charge on any atom is 0.339 e. The zero-order valence-corrected chi connectivity index (χ0v) is 14.8. The molecule has 2 aromatic rings. The highest BCUT2D eigenvalue weighted by Crippen LogP contribution is 2.24. The Balaban J connectivity index is 1.74. The van der Waals surface area contributed by atoms with Crippen molar-refractivity contribution in [1.82, 2.24) is 4.90 Å². The summed E-state index contributed by atoms with van der Waals surface area (Å²) in [5.74, 6) is -2.09. The lowest BCUT2D eigenvalue weighted by molar-refractivity contribution is -0.140. The molecule has 8 heteroatoms. The highest BCUT2D eigenvalue weighted by molar-refractivity contribution is 6.53. The van der Waals surface area contributed by atoms with Crippen molar-refractivity contribution in [2.45, 2.75) is 6.92 Å². The molecule has 2 aromatic carbocycles. The molecule has 1 heterocycles. The van der Waals surface area contributed by atoms with Crippen LogP contribution in [-0.2, 0) is 14.4 Å². The highest BCUT2D eigenvalue weighted by Gasteiger charge is 2.46. The molecule has 0 unspecified atom stereocenters. The third-order valence-corrected chi connectivity index (χ3v) is 3.99. The minimum Gasteiger partial charge on any atom is -0.497 e. The van der Waals surface area contributed by atoms with Gasteiger partial charge in [-0.25, -0.2) is 14.6 Å². The first-order valence-corrected chi connectivity index (χ1v) is 8.11. The fourth-order valence-corrected chi connectivity index (χ4v) is 2.67. The van der Waals surface area contributed by atoms with Crippen molar-refractivity contribution in [2.24, 2.45) is 0 Å². The molecule has 1 aliphatic heterocycles. The van der Waals surface area contributed by atoms with E-state index in [9.17, 15) is 19.2 Å². The number of aryl methyl sites for hydroxylation is 1. The molecule has 0 atom stereocenters. The quantitative estimate of drug-likeness (QED) is 0.644. The van der Waals surface area contributed by atoms with Crippen molar-refractivity contribution < 1.29 is 23.9 Å². The van der Waals surface area contributed by atoms with Crippen LogP contribution in [0.2, 0.25) is 0 Å². The molecule has 0 radical (unpaired) electrons. The Morgan fingerprint density at radius 2 is 1.74 bits per heavy atom. The second-order valence-electron chi connectivity index (χ2n) is 5.93. The van der Waals surface area contributed by atoms with Crippen LogP contribution in [0.15, 0.2) is 48.5 Å². The molecule has 138 valence electrons. The van der Waals surface area contributed by atoms with E-state index in [0.29, 0.717) is 16.3 Å². The lowest BCUT2D eigenvalue weighted by atomic mass is 10.2. The zero-order chi connectivity index (χ0) is 19.6. The maximum absolute atomic E-state index is 12.5. The summed E-state index contributed by atoms with van der Waals surface area (Å²) in [7, 11) is 1.49. The molecule has 5 amide bonds. The average Bonchev–Trinajstić information content (AvgIpc) is 2.85. The van der Waals surface area contributed by atoms with Crippen LogP contribution in [-0.4, -0.2) is 42.3 Å². The first-order chi connectivity index (χ1) is 12.9. The number of nitrogens with one attached hydrogen (secondary N) is 1. The molecule has 8 nitrogen and oxygen atoms in total. The molecule has 1 fully saturated rings.